The molecule has 2 aromatic rings. The van der Waals surface area contributed by atoms with E-state index in [1.54, 1.807) is 7.11 Å². The Morgan fingerprint density at radius 2 is 2.09 bits per heavy atom. The molecule has 0 fully saturated rings. The smallest absolute Gasteiger partial charge is 0.124 e. The zero-order chi connectivity index (χ0) is 15.4. The first kappa shape index (κ1) is 14.9. The maximum Gasteiger partial charge on any atom is 0.124 e. The van der Waals surface area contributed by atoms with E-state index in [1.165, 1.54) is 16.7 Å². The topological polar surface area (TPSA) is 30.5 Å². The molecule has 1 aliphatic rings. The van der Waals surface area contributed by atoms with E-state index in [2.05, 4.69) is 36.5 Å². The highest BCUT2D eigenvalue weighted by molar-refractivity contribution is 5.41. The van der Waals surface area contributed by atoms with Crippen LogP contribution in [0, 0.1) is 0 Å². The molecule has 0 saturated heterocycles. The minimum atomic E-state index is 0.333. The van der Waals surface area contributed by atoms with Gasteiger partial charge < -0.3 is 14.8 Å². The molecule has 3 heteroatoms. The van der Waals surface area contributed by atoms with Crippen molar-refractivity contribution < 1.29 is 9.47 Å². The number of aryl methyl sites for hydroxylation is 1. The molecule has 1 N–H and O–H groups in total. The van der Waals surface area contributed by atoms with Gasteiger partial charge in [0.05, 0.1) is 13.7 Å². The molecule has 2 aromatic carbocycles. The number of para-hydroxylation sites is 1. The molecule has 22 heavy (non-hydrogen) atoms. The largest absolute Gasteiger partial charge is 0.496 e. The van der Waals surface area contributed by atoms with Gasteiger partial charge in [-0.15, -0.1) is 0 Å². The summed E-state index contributed by atoms with van der Waals surface area (Å²) in [7, 11) is 1.72. The van der Waals surface area contributed by atoms with E-state index in [-0.39, 0.29) is 0 Å². The summed E-state index contributed by atoms with van der Waals surface area (Å²) in [5.41, 5.74) is 3.82. The number of methoxy groups -OCH3 is 1. The molecular formula is C19H23NO2. The molecule has 0 aliphatic carbocycles. The van der Waals surface area contributed by atoms with Gasteiger partial charge in [0.1, 0.15) is 11.5 Å². The Morgan fingerprint density at radius 1 is 1.23 bits per heavy atom. The van der Waals surface area contributed by atoms with Crippen LogP contribution >= 0.6 is 0 Å². The van der Waals surface area contributed by atoms with Crippen molar-refractivity contribution in [3.8, 4) is 11.5 Å². The van der Waals surface area contributed by atoms with Crippen LogP contribution in [0.4, 0.5) is 0 Å². The number of benzene rings is 2. The molecule has 0 bridgehead atoms. The van der Waals surface area contributed by atoms with Gasteiger partial charge in [-0.2, -0.15) is 0 Å². The molecule has 0 amide bonds. The fraction of sp³-hybridized carbons (Fsp3) is 0.368. The van der Waals surface area contributed by atoms with Gasteiger partial charge in [0.15, 0.2) is 0 Å². The van der Waals surface area contributed by atoms with Crippen molar-refractivity contribution in [1.82, 2.24) is 5.32 Å². The second kappa shape index (κ2) is 6.84. The lowest BCUT2D eigenvalue weighted by Gasteiger charge is -2.27. The van der Waals surface area contributed by atoms with E-state index in [9.17, 15) is 0 Å². The van der Waals surface area contributed by atoms with Crippen LogP contribution in [-0.4, -0.2) is 13.7 Å². The first-order valence-corrected chi connectivity index (χ1v) is 7.92. The molecule has 1 heterocycles. The fourth-order valence-electron chi connectivity index (χ4n) is 2.96. The monoisotopic (exact) mass is 297 g/mol. The zero-order valence-corrected chi connectivity index (χ0v) is 13.3. The van der Waals surface area contributed by atoms with Gasteiger partial charge in [0, 0.05) is 30.1 Å². The summed E-state index contributed by atoms with van der Waals surface area (Å²) in [6, 6.07) is 15.0. The van der Waals surface area contributed by atoms with Crippen LogP contribution in [0.15, 0.2) is 42.5 Å². The first-order valence-electron chi connectivity index (χ1n) is 7.92. The predicted molar refractivity (Wildman–Crippen MR) is 88.5 cm³/mol. The van der Waals surface area contributed by atoms with E-state index in [0.717, 1.165) is 37.5 Å². The highest BCUT2D eigenvalue weighted by Gasteiger charge is 2.21. The Bertz CT molecular complexity index is 639. The van der Waals surface area contributed by atoms with Gasteiger partial charge in [0.25, 0.3) is 0 Å². The standard InChI is InChI=1S/C19H23NO2/c1-3-14-8-9-19-16(12-14)17(10-11-22-19)20-13-15-6-4-5-7-18(15)21-2/h4-9,12,17,20H,3,10-11,13H2,1-2H3. The third-order valence-electron chi connectivity index (χ3n) is 4.25. The van der Waals surface area contributed by atoms with Crippen LogP contribution in [0.5, 0.6) is 11.5 Å². The Labute approximate surface area is 132 Å². The third kappa shape index (κ3) is 3.09. The van der Waals surface area contributed by atoms with Crippen molar-refractivity contribution in [3.05, 3.63) is 59.2 Å². The lowest BCUT2D eigenvalue weighted by Crippen LogP contribution is -2.27. The number of fused-ring (bicyclic) bond motifs is 1. The average Bonchev–Trinajstić information content (AvgIpc) is 2.59. The lowest BCUT2D eigenvalue weighted by molar-refractivity contribution is 0.251. The fourth-order valence-corrected chi connectivity index (χ4v) is 2.96. The second-order valence-corrected chi connectivity index (χ2v) is 5.61. The van der Waals surface area contributed by atoms with Gasteiger partial charge in [0.2, 0.25) is 0 Å². The molecule has 0 spiro atoms. The highest BCUT2D eigenvalue weighted by Crippen LogP contribution is 2.33. The molecule has 3 rings (SSSR count). The third-order valence-corrected chi connectivity index (χ3v) is 4.25. The van der Waals surface area contributed by atoms with Gasteiger partial charge >= 0.3 is 0 Å². The lowest BCUT2D eigenvalue weighted by atomic mass is 9.97. The van der Waals surface area contributed by atoms with Gasteiger partial charge in [-0.25, -0.2) is 0 Å². The average molecular weight is 297 g/mol. The summed E-state index contributed by atoms with van der Waals surface area (Å²) in [5.74, 6) is 1.95. The molecule has 0 radical (unpaired) electrons. The second-order valence-electron chi connectivity index (χ2n) is 5.61. The molecule has 116 valence electrons. The quantitative estimate of drug-likeness (QED) is 0.908. The Kier molecular flexibility index (Phi) is 4.64. The van der Waals surface area contributed by atoms with E-state index in [1.807, 2.05) is 18.2 Å². The van der Waals surface area contributed by atoms with Crippen LogP contribution in [-0.2, 0) is 13.0 Å². The van der Waals surface area contributed by atoms with E-state index >= 15 is 0 Å². The van der Waals surface area contributed by atoms with Crippen molar-refractivity contribution in [2.24, 2.45) is 0 Å². The van der Waals surface area contributed by atoms with Crippen molar-refractivity contribution in [3.63, 3.8) is 0 Å². The van der Waals surface area contributed by atoms with Crippen molar-refractivity contribution in [2.45, 2.75) is 32.4 Å². The minimum absolute atomic E-state index is 0.333. The van der Waals surface area contributed by atoms with Gasteiger partial charge in [-0.05, 0) is 24.1 Å². The number of hydrogen-bond acceptors (Lipinski definition) is 3. The molecule has 1 unspecified atom stereocenters. The normalized spacial score (nSPS) is 16.7. The van der Waals surface area contributed by atoms with Gasteiger partial charge in [-0.1, -0.05) is 37.3 Å². The molecule has 1 aliphatic heterocycles. The Balaban J connectivity index is 1.77. The van der Waals surface area contributed by atoms with Crippen molar-refractivity contribution in [1.29, 1.82) is 0 Å². The summed E-state index contributed by atoms with van der Waals surface area (Å²) < 4.78 is 11.2. The molecule has 0 saturated carbocycles. The number of hydrogen-bond donors (Lipinski definition) is 1. The first-order chi connectivity index (χ1) is 10.8. The Hall–Kier alpha value is -2.00. The molecular weight excluding hydrogens is 274 g/mol. The maximum atomic E-state index is 5.79. The molecule has 0 aromatic heterocycles. The summed E-state index contributed by atoms with van der Waals surface area (Å²) in [5, 5.41) is 3.66. The SMILES string of the molecule is CCc1ccc2c(c1)C(NCc1ccccc1OC)CCO2. The highest BCUT2D eigenvalue weighted by atomic mass is 16.5. The molecule has 1 atom stereocenters. The van der Waals surface area contributed by atoms with Crippen LogP contribution in [0.1, 0.15) is 36.1 Å². The van der Waals surface area contributed by atoms with Crippen LogP contribution in [0.3, 0.4) is 0 Å². The van der Waals surface area contributed by atoms with Crippen LogP contribution in [0.25, 0.3) is 0 Å². The molecule has 3 nitrogen and oxygen atoms in total. The number of nitrogens with one attached hydrogen (secondary N) is 1. The predicted octanol–water partition coefficient (Wildman–Crippen LogP) is 3.87. The van der Waals surface area contributed by atoms with Crippen molar-refractivity contribution >= 4 is 0 Å². The van der Waals surface area contributed by atoms with E-state index in [0.29, 0.717) is 6.04 Å². The number of rotatable bonds is 5. The van der Waals surface area contributed by atoms with Crippen molar-refractivity contribution in [2.75, 3.05) is 13.7 Å². The summed E-state index contributed by atoms with van der Waals surface area (Å²) in [6.45, 7) is 3.75. The summed E-state index contributed by atoms with van der Waals surface area (Å²) in [6.07, 6.45) is 2.04. The summed E-state index contributed by atoms with van der Waals surface area (Å²) in [4.78, 5) is 0. The van der Waals surface area contributed by atoms with Gasteiger partial charge in [-0.3, -0.25) is 0 Å². The van der Waals surface area contributed by atoms with E-state index in [4.69, 9.17) is 9.47 Å². The minimum Gasteiger partial charge on any atom is -0.496 e. The zero-order valence-electron chi connectivity index (χ0n) is 13.3. The number of ether oxygens (including phenoxy) is 2. The van der Waals surface area contributed by atoms with Crippen LogP contribution < -0.4 is 14.8 Å². The van der Waals surface area contributed by atoms with E-state index < -0.39 is 0 Å². The van der Waals surface area contributed by atoms with Crippen LogP contribution in [0.2, 0.25) is 0 Å². The summed E-state index contributed by atoms with van der Waals surface area (Å²) >= 11 is 0. The Morgan fingerprint density at radius 3 is 2.91 bits per heavy atom. The maximum absolute atomic E-state index is 5.79.